The number of alkyl halides is 6. The van der Waals surface area contributed by atoms with Crippen LogP contribution in [0.5, 0.6) is 17.5 Å². The lowest BCUT2D eigenvalue weighted by atomic mass is 10.3. The molecule has 0 aliphatic carbocycles. The van der Waals surface area contributed by atoms with Crippen LogP contribution in [0.4, 0.5) is 32.0 Å². The smallest absolute Gasteiger partial charge is 0.422 e. The summed E-state index contributed by atoms with van der Waals surface area (Å²) in [6.45, 7) is -3.49. The summed E-state index contributed by atoms with van der Waals surface area (Å²) in [6.07, 6.45) is -7.64. The highest BCUT2D eigenvalue weighted by molar-refractivity contribution is 5.92. The first-order valence-electron chi connectivity index (χ1n) is 8.21. The number of ether oxygens (including phenoxy) is 2. The molecule has 8 nitrogen and oxygen atoms in total. The van der Waals surface area contributed by atoms with Crippen LogP contribution >= 0.6 is 0 Å². The van der Waals surface area contributed by atoms with Crippen molar-refractivity contribution in [3.8, 4) is 17.5 Å². The first-order chi connectivity index (χ1) is 14.4. The summed E-state index contributed by atoms with van der Waals surface area (Å²) >= 11 is 0. The van der Waals surface area contributed by atoms with Gasteiger partial charge in [-0.2, -0.15) is 36.3 Å². The van der Waals surface area contributed by atoms with Crippen LogP contribution in [-0.2, 0) is 4.79 Å². The average molecular weight is 452 g/mol. The first kappa shape index (κ1) is 23.6. The number of rotatable bonds is 8. The molecule has 0 atom stereocenters. The molecule has 0 fully saturated rings. The number of halogens is 6. The second-order valence-corrected chi connectivity index (χ2v) is 5.70. The summed E-state index contributed by atoms with van der Waals surface area (Å²) in [6, 6.07) is 6.27. The van der Waals surface area contributed by atoms with Crippen molar-refractivity contribution in [2.45, 2.75) is 12.4 Å². The number of phenolic OH excluding ortho intramolecular Hbond substituents is 1. The normalized spacial score (nSPS) is 11.9. The highest BCUT2D eigenvalue weighted by Gasteiger charge is 2.30. The molecule has 1 heterocycles. The quantitative estimate of drug-likeness (QED) is 0.245. The fourth-order valence-corrected chi connectivity index (χ4v) is 1.83. The largest absolute Gasteiger partial charge is 0.508 e. The second-order valence-electron chi connectivity index (χ2n) is 5.70. The Kier molecular flexibility index (Phi) is 7.50. The Morgan fingerprint density at radius 2 is 1.48 bits per heavy atom. The molecule has 3 N–H and O–H groups in total. The molecule has 14 heteroatoms. The average Bonchev–Trinajstić information content (AvgIpc) is 2.68. The summed E-state index contributed by atoms with van der Waals surface area (Å²) in [5.74, 6) is -2.59. The summed E-state index contributed by atoms with van der Waals surface area (Å²) in [5.41, 5.74) is 5.16. The Bertz CT molecular complexity index is 880. The number of carbonyl (C=O) groups excluding carboxylic acids is 1. The van der Waals surface area contributed by atoms with E-state index in [4.69, 9.17) is 5.11 Å². The van der Waals surface area contributed by atoms with Crippen molar-refractivity contribution >= 4 is 17.7 Å². The molecule has 1 aromatic carbocycles. The number of phenols is 1. The standard InChI is InChI=1S/C17H14F6N4O4/c18-16(19,20)8-30-14-7-15(31-9-17(21,22)23)25-12(24-14)5-6-13(29)27-26-10-1-3-11(28)4-2-10/h1-7,26,28H,8-9H2,(H,27,29)/b6-5+. The molecule has 0 bridgehead atoms. The number of benzene rings is 1. The van der Waals surface area contributed by atoms with Gasteiger partial charge in [-0.3, -0.25) is 15.6 Å². The van der Waals surface area contributed by atoms with E-state index in [-0.39, 0.29) is 5.75 Å². The van der Waals surface area contributed by atoms with Gasteiger partial charge >= 0.3 is 12.4 Å². The highest BCUT2D eigenvalue weighted by atomic mass is 19.4. The van der Waals surface area contributed by atoms with Crippen molar-refractivity contribution < 1.29 is 45.7 Å². The number of aromatic nitrogens is 2. The van der Waals surface area contributed by atoms with Gasteiger partial charge in [0.1, 0.15) is 5.75 Å². The number of amides is 1. The third-order valence-corrected chi connectivity index (χ3v) is 3.04. The fourth-order valence-electron chi connectivity index (χ4n) is 1.83. The number of anilines is 1. The summed E-state index contributed by atoms with van der Waals surface area (Å²) in [7, 11) is 0. The maximum absolute atomic E-state index is 12.3. The number of carbonyl (C=O) groups is 1. The molecule has 0 aliphatic heterocycles. The van der Waals surface area contributed by atoms with Gasteiger partial charge in [0.05, 0.1) is 11.8 Å². The van der Waals surface area contributed by atoms with E-state index in [0.29, 0.717) is 11.8 Å². The van der Waals surface area contributed by atoms with E-state index in [0.717, 1.165) is 12.2 Å². The van der Waals surface area contributed by atoms with Gasteiger partial charge < -0.3 is 14.6 Å². The second kappa shape index (κ2) is 9.86. The SMILES string of the molecule is O=C(/C=C/c1nc(OCC(F)(F)F)cc(OCC(F)(F)F)n1)NNc1ccc(O)cc1. The van der Waals surface area contributed by atoms with Crippen molar-refractivity contribution in [2.24, 2.45) is 0 Å². The van der Waals surface area contributed by atoms with Crippen LogP contribution in [0.1, 0.15) is 5.82 Å². The van der Waals surface area contributed by atoms with E-state index in [2.05, 4.69) is 30.3 Å². The van der Waals surface area contributed by atoms with Gasteiger partial charge in [-0.15, -0.1) is 0 Å². The third kappa shape index (κ3) is 9.56. The Morgan fingerprint density at radius 3 is 1.97 bits per heavy atom. The predicted molar refractivity (Wildman–Crippen MR) is 94.0 cm³/mol. The van der Waals surface area contributed by atoms with Crippen molar-refractivity contribution in [3.63, 3.8) is 0 Å². The van der Waals surface area contributed by atoms with Crippen LogP contribution in [0.15, 0.2) is 36.4 Å². The fraction of sp³-hybridized carbons (Fsp3) is 0.235. The van der Waals surface area contributed by atoms with Gasteiger partial charge in [0.2, 0.25) is 11.8 Å². The number of aromatic hydroxyl groups is 1. The van der Waals surface area contributed by atoms with Gasteiger partial charge in [-0.1, -0.05) is 0 Å². The molecule has 0 radical (unpaired) electrons. The monoisotopic (exact) mass is 452 g/mol. The molecule has 168 valence electrons. The molecule has 0 spiro atoms. The number of hydrogen-bond donors (Lipinski definition) is 3. The molecule has 0 aliphatic rings. The Labute approximate surface area is 170 Å². The van der Waals surface area contributed by atoms with Crippen LogP contribution < -0.4 is 20.3 Å². The number of nitrogens with zero attached hydrogens (tertiary/aromatic N) is 2. The molecule has 0 saturated heterocycles. The number of nitrogens with one attached hydrogen (secondary N) is 2. The van der Waals surface area contributed by atoms with Crippen molar-refractivity contribution in [1.29, 1.82) is 0 Å². The predicted octanol–water partition coefficient (Wildman–Crippen LogP) is 3.22. The van der Waals surface area contributed by atoms with Crippen LogP contribution in [0, 0.1) is 0 Å². The zero-order chi connectivity index (χ0) is 23.1. The lowest BCUT2D eigenvalue weighted by Crippen LogP contribution is -2.27. The van der Waals surface area contributed by atoms with Crippen LogP contribution in [0.25, 0.3) is 6.08 Å². The van der Waals surface area contributed by atoms with Gasteiger partial charge in [0.25, 0.3) is 5.91 Å². The van der Waals surface area contributed by atoms with E-state index in [1.807, 2.05) is 0 Å². The van der Waals surface area contributed by atoms with E-state index in [1.165, 1.54) is 24.3 Å². The minimum Gasteiger partial charge on any atom is -0.508 e. The maximum atomic E-state index is 12.3. The number of hydrogen-bond acceptors (Lipinski definition) is 7. The number of hydrazine groups is 1. The Hall–Kier alpha value is -3.71. The van der Waals surface area contributed by atoms with Gasteiger partial charge in [0.15, 0.2) is 19.0 Å². The molecular formula is C17H14F6N4O4. The maximum Gasteiger partial charge on any atom is 0.422 e. The molecule has 2 aromatic rings. The Balaban J connectivity index is 2.08. The van der Waals surface area contributed by atoms with E-state index in [1.54, 1.807) is 0 Å². The molecule has 1 amide bonds. The molecule has 31 heavy (non-hydrogen) atoms. The van der Waals surface area contributed by atoms with Gasteiger partial charge in [-0.05, 0) is 30.3 Å². The van der Waals surface area contributed by atoms with Crippen molar-refractivity contribution in [2.75, 3.05) is 18.6 Å². The van der Waals surface area contributed by atoms with Crippen LogP contribution in [-0.4, -0.2) is 46.5 Å². The van der Waals surface area contributed by atoms with E-state index >= 15 is 0 Å². The lowest BCUT2D eigenvalue weighted by Gasteiger charge is -2.12. The topological polar surface area (TPSA) is 106 Å². The van der Waals surface area contributed by atoms with Gasteiger partial charge in [-0.25, -0.2) is 0 Å². The lowest BCUT2D eigenvalue weighted by molar-refractivity contribution is -0.154. The van der Waals surface area contributed by atoms with Crippen LogP contribution in [0.3, 0.4) is 0 Å². The molecule has 0 saturated carbocycles. The van der Waals surface area contributed by atoms with Crippen molar-refractivity contribution in [3.05, 3.63) is 42.2 Å². The van der Waals surface area contributed by atoms with Gasteiger partial charge in [0, 0.05) is 6.08 Å². The third-order valence-electron chi connectivity index (χ3n) is 3.04. The Morgan fingerprint density at radius 1 is 0.968 bits per heavy atom. The summed E-state index contributed by atoms with van der Waals surface area (Å²) < 4.78 is 82.7. The molecule has 2 rings (SSSR count). The zero-order valence-corrected chi connectivity index (χ0v) is 15.3. The summed E-state index contributed by atoms with van der Waals surface area (Å²) in [4.78, 5) is 19.0. The molecule has 1 aromatic heterocycles. The zero-order valence-electron chi connectivity index (χ0n) is 15.3. The summed E-state index contributed by atoms with van der Waals surface area (Å²) in [5, 5.41) is 9.17. The minimum absolute atomic E-state index is 0.00471. The molecular weight excluding hydrogens is 438 g/mol. The van der Waals surface area contributed by atoms with Crippen molar-refractivity contribution in [1.82, 2.24) is 15.4 Å². The van der Waals surface area contributed by atoms with Crippen LogP contribution in [0.2, 0.25) is 0 Å². The molecule has 0 unspecified atom stereocenters. The van der Waals surface area contributed by atoms with E-state index in [9.17, 15) is 31.1 Å². The minimum atomic E-state index is -4.71. The van der Waals surface area contributed by atoms with E-state index < -0.39 is 49.1 Å². The first-order valence-corrected chi connectivity index (χ1v) is 8.21. The highest BCUT2D eigenvalue weighted by Crippen LogP contribution is 2.22.